The molecule has 0 heterocycles. The molecule has 4 rings (SSSR count). The van der Waals surface area contributed by atoms with Gasteiger partial charge in [0.1, 0.15) is 0 Å². The predicted octanol–water partition coefficient (Wildman–Crippen LogP) is 11.1. The van der Waals surface area contributed by atoms with Crippen molar-refractivity contribution in [2.75, 3.05) is 39.3 Å². The Hall–Kier alpha value is -2.96. The zero-order chi connectivity index (χ0) is 39.6. The Labute approximate surface area is 342 Å². The first-order chi connectivity index (χ1) is 25.0. The molecule has 0 spiro atoms. The van der Waals surface area contributed by atoms with Crippen molar-refractivity contribution < 1.29 is 38.1 Å². The summed E-state index contributed by atoms with van der Waals surface area (Å²) < 4.78 is 27.2. The van der Waals surface area contributed by atoms with E-state index in [0.717, 1.165) is 22.4 Å². The van der Waals surface area contributed by atoms with Crippen LogP contribution in [0.5, 0.6) is 5.75 Å². The zero-order valence-electron chi connectivity index (χ0n) is 29.2. The topological polar surface area (TPSA) is 101 Å². The van der Waals surface area contributed by atoms with E-state index in [1.54, 1.807) is 12.1 Å². The highest BCUT2D eigenvalue weighted by Gasteiger charge is 2.27. The summed E-state index contributed by atoms with van der Waals surface area (Å²) in [5.74, 6) is -1.21. The van der Waals surface area contributed by atoms with Crippen LogP contribution in [-0.4, -0.2) is 64.2 Å². The van der Waals surface area contributed by atoms with E-state index in [4.69, 9.17) is 105 Å². The summed E-state index contributed by atoms with van der Waals surface area (Å²) in [6, 6.07) is 16.1. The maximum Gasteiger partial charge on any atom is 0.342 e. The van der Waals surface area contributed by atoms with Crippen molar-refractivity contribution in [1.29, 1.82) is 0 Å². The number of hydrogen-bond donors (Lipinski definition) is 0. The molecule has 0 amide bonds. The molecule has 4 aromatic rings. The third kappa shape index (κ3) is 12.3. The highest BCUT2D eigenvalue weighted by molar-refractivity contribution is 6.69. The van der Waals surface area contributed by atoms with Gasteiger partial charge in [-0.15, -0.1) is 0 Å². The Balaban J connectivity index is 0.000000489. The fourth-order valence-electron chi connectivity index (χ4n) is 4.83. The van der Waals surface area contributed by atoms with Gasteiger partial charge in [0.2, 0.25) is 12.6 Å². The Kier molecular flexibility index (Phi) is 17.3. The SMILES string of the molecule is COC(CN(CC(OC)OC(=O)c1cc(Cl)ccc1Cl)c1cc(C)c(C)cc1C)OC(=O)c1cc(Cl)ccc1Cl.COc1c(Cl)ccc(Cl)c1C(=O)Cl. The van der Waals surface area contributed by atoms with Crippen LogP contribution < -0.4 is 9.64 Å². The molecule has 0 bridgehead atoms. The molecule has 0 aliphatic heterocycles. The van der Waals surface area contributed by atoms with Gasteiger partial charge >= 0.3 is 11.9 Å². The van der Waals surface area contributed by atoms with Crippen molar-refractivity contribution >= 4 is 104 Å². The Bertz CT molecular complexity index is 1880. The van der Waals surface area contributed by atoms with E-state index in [1.807, 2.05) is 37.8 Å². The molecule has 0 N–H and O–H groups in total. The Morgan fingerprint density at radius 3 is 1.45 bits per heavy atom. The molecule has 2 atom stereocenters. The number of ether oxygens (including phenoxy) is 5. The van der Waals surface area contributed by atoms with Crippen LogP contribution in [0.15, 0.2) is 60.7 Å². The van der Waals surface area contributed by atoms with E-state index in [0.29, 0.717) is 15.1 Å². The van der Waals surface area contributed by atoms with Crippen molar-refractivity contribution in [2.24, 2.45) is 0 Å². The first-order valence-electron chi connectivity index (χ1n) is 15.4. The maximum atomic E-state index is 12.9. The molecule has 53 heavy (non-hydrogen) atoms. The normalized spacial score (nSPS) is 11.9. The van der Waals surface area contributed by atoms with Crippen LogP contribution in [0.25, 0.3) is 0 Å². The number of halogens is 7. The molecule has 9 nitrogen and oxygen atoms in total. The van der Waals surface area contributed by atoms with Gasteiger partial charge in [-0.2, -0.15) is 0 Å². The zero-order valence-corrected chi connectivity index (χ0v) is 34.5. The summed E-state index contributed by atoms with van der Waals surface area (Å²) in [6.45, 7) is 6.09. The number of esters is 2. The van der Waals surface area contributed by atoms with E-state index in [9.17, 15) is 14.4 Å². The van der Waals surface area contributed by atoms with Gasteiger partial charge in [0.15, 0.2) is 5.75 Å². The highest BCUT2D eigenvalue weighted by atomic mass is 35.5. The Morgan fingerprint density at radius 1 is 0.604 bits per heavy atom. The fraction of sp³-hybridized carbons (Fsp3) is 0.270. The van der Waals surface area contributed by atoms with Crippen molar-refractivity contribution in [3.8, 4) is 5.75 Å². The van der Waals surface area contributed by atoms with Crippen molar-refractivity contribution in [1.82, 2.24) is 0 Å². The lowest BCUT2D eigenvalue weighted by molar-refractivity contribution is -0.0951. The number of benzene rings is 4. The molecule has 0 fully saturated rings. The average molecular weight is 869 g/mol. The summed E-state index contributed by atoms with van der Waals surface area (Å²) in [7, 11) is 4.22. The highest BCUT2D eigenvalue weighted by Crippen LogP contribution is 2.35. The van der Waals surface area contributed by atoms with Crippen molar-refractivity contribution in [3.63, 3.8) is 0 Å². The summed E-state index contributed by atoms with van der Waals surface area (Å²) in [6.07, 6.45) is -2.06. The molecule has 4 aromatic carbocycles. The lowest BCUT2D eigenvalue weighted by Crippen LogP contribution is -2.42. The number of aryl methyl sites for hydroxylation is 3. The van der Waals surface area contributed by atoms with Crippen molar-refractivity contribution in [2.45, 2.75) is 33.4 Å². The smallest absolute Gasteiger partial charge is 0.342 e. The van der Waals surface area contributed by atoms with E-state index in [1.165, 1.54) is 57.7 Å². The minimum atomic E-state index is -1.03. The van der Waals surface area contributed by atoms with Gasteiger partial charge in [-0.1, -0.05) is 75.7 Å². The van der Waals surface area contributed by atoms with Gasteiger partial charge in [-0.3, -0.25) is 4.79 Å². The third-order valence-corrected chi connectivity index (χ3v) is 9.58. The Morgan fingerprint density at radius 2 is 1.04 bits per heavy atom. The number of hydrogen-bond acceptors (Lipinski definition) is 9. The van der Waals surface area contributed by atoms with E-state index in [-0.39, 0.29) is 50.6 Å². The number of carbonyl (C=O) groups excluding carboxylic acids is 3. The second-order valence-electron chi connectivity index (χ2n) is 11.2. The standard InChI is InChI=1S/C29H29Cl4NO6.C8H5Cl3O2/c1-16-10-18(3)25(11-17(16)2)34(14-26(37-4)39-28(35)21-12-19(30)6-8-23(21)32)15-27(38-5)40-29(36)22-13-20(31)7-9-24(22)33;1-13-7-5(10)3-2-4(9)6(7)8(11)12/h6-13,26-27H,14-15H2,1-5H3;2-3H,1H3. The van der Waals surface area contributed by atoms with Gasteiger partial charge in [0.05, 0.1) is 57.0 Å². The summed E-state index contributed by atoms with van der Waals surface area (Å²) in [5, 5.41) is 0.889. The third-order valence-electron chi connectivity index (χ3n) is 7.65. The predicted molar refractivity (Wildman–Crippen MR) is 211 cm³/mol. The molecule has 0 aliphatic carbocycles. The van der Waals surface area contributed by atoms with Crippen LogP contribution in [0.1, 0.15) is 47.8 Å². The first-order valence-corrected chi connectivity index (χ1v) is 18.1. The molecular weight excluding hydrogens is 835 g/mol. The van der Waals surface area contributed by atoms with Gasteiger partial charge in [-0.05, 0) is 104 Å². The quantitative estimate of drug-likeness (QED) is 0.0738. The number of nitrogens with zero attached hydrogens (tertiary/aromatic N) is 1. The van der Waals surface area contributed by atoms with Gasteiger partial charge < -0.3 is 28.6 Å². The molecule has 284 valence electrons. The molecule has 0 saturated heterocycles. The van der Waals surface area contributed by atoms with Crippen LogP contribution in [0, 0.1) is 20.8 Å². The molecular formula is C37H34Cl7NO8. The lowest BCUT2D eigenvalue weighted by Gasteiger charge is -2.32. The first kappa shape index (κ1) is 44.4. The van der Waals surface area contributed by atoms with Crippen LogP contribution >= 0.6 is 81.2 Å². The summed E-state index contributed by atoms with van der Waals surface area (Å²) in [4.78, 5) is 38.7. The minimum absolute atomic E-state index is 0.0685. The molecule has 0 saturated carbocycles. The second-order valence-corrected chi connectivity index (χ2v) is 14.1. The molecule has 0 radical (unpaired) electrons. The minimum Gasteiger partial charge on any atom is -0.494 e. The number of anilines is 1. The number of methoxy groups -OCH3 is 3. The van der Waals surface area contributed by atoms with E-state index >= 15 is 0 Å². The number of carbonyl (C=O) groups is 3. The average Bonchev–Trinajstić information content (AvgIpc) is 3.11. The van der Waals surface area contributed by atoms with E-state index < -0.39 is 29.8 Å². The van der Waals surface area contributed by atoms with Crippen molar-refractivity contribution in [3.05, 3.63) is 124 Å². The molecule has 16 heteroatoms. The van der Waals surface area contributed by atoms with Gasteiger partial charge in [0, 0.05) is 30.0 Å². The van der Waals surface area contributed by atoms with Crippen LogP contribution in [0.2, 0.25) is 30.1 Å². The monoisotopic (exact) mass is 865 g/mol. The summed E-state index contributed by atoms with van der Waals surface area (Å²) >= 11 is 41.2. The van der Waals surface area contributed by atoms with Crippen LogP contribution in [0.4, 0.5) is 5.69 Å². The maximum absolute atomic E-state index is 12.9. The molecule has 0 aromatic heterocycles. The molecule has 0 aliphatic rings. The van der Waals surface area contributed by atoms with Crippen LogP contribution in [0.3, 0.4) is 0 Å². The lowest BCUT2D eigenvalue weighted by atomic mass is 10.0. The summed E-state index contributed by atoms with van der Waals surface area (Å²) in [5.41, 5.74) is 4.20. The fourth-order valence-corrected chi connectivity index (χ4v) is 6.27. The largest absolute Gasteiger partial charge is 0.494 e. The van der Waals surface area contributed by atoms with E-state index in [2.05, 4.69) is 0 Å². The van der Waals surface area contributed by atoms with Crippen LogP contribution in [-0.2, 0) is 18.9 Å². The number of rotatable bonds is 13. The van der Waals surface area contributed by atoms with Gasteiger partial charge in [0.25, 0.3) is 5.24 Å². The molecule has 2 unspecified atom stereocenters. The second kappa shape index (κ2) is 20.6. The van der Waals surface area contributed by atoms with Gasteiger partial charge in [-0.25, -0.2) is 9.59 Å².